The quantitative estimate of drug-likeness (QED) is 0.889. The zero-order valence-electron chi connectivity index (χ0n) is 12.2. The Morgan fingerprint density at radius 3 is 2.32 bits per heavy atom. The van der Waals surface area contributed by atoms with E-state index in [2.05, 4.69) is 27.7 Å². The molecule has 0 fully saturated rings. The van der Waals surface area contributed by atoms with Gasteiger partial charge in [-0.05, 0) is 39.7 Å². The molecule has 0 amide bonds. The lowest BCUT2D eigenvalue weighted by molar-refractivity contribution is 0.251. The molecule has 3 nitrogen and oxygen atoms in total. The van der Waals surface area contributed by atoms with Crippen LogP contribution in [0.4, 0.5) is 0 Å². The van der Waals surface area contributed by atoms with Crippen LogP contribution < -0.4 is 15.2 Å². The molecule has 1 aromatic carbocycles. The monoisotopic (exact) mass is 261 g/mol. The van der Waals surface area contributed by atoms with Crippen LogP contribution in [0.15, 0.2) is 0 Å². The van der Waals surface area contributed by atoms with Gasteiger partial charge in [-0.2, -0.15) is 0 Å². The molecule has 2 N–H and O–H groups in total. The van der Waals surface area contributed by atoms with E-state index in [1.807, 2.05) is 0 Å². The number of hydrogen-bond acceptors (Lipinski definition) is 3. The highest BCUT2D eigenvalue weighted by atomic mass is 16.5. The first-order valence-electron chi connectivity index (χ1n) is 7.23. The lowest BCUT2D eigenvalue weighted by Crippen LogP contribution is -2.19. The van der Waals surface area contributed by atoms with Gasteiger partial charge in [0.2, 0.25) is 0 Å². The minimum absolute atomic E-state index is 0.145. The molecule has 104 valence electrons. The molecular formula is C16H23NO2. The van der Waals surface area contributed by atoms with Crippen molar-refractivity contribution in [2.24, 2.45) is 5.73 Å². The van der Waals surface area contributed by atoms with Gasteiger partial charge in [-0.1, -0.05) is 0 Å². The van der Waals surface area contributed by atoms with Gasteiger partial charge in [0, 0.05) is 35.6 Å². The van der Waals surface area contributed by atoms with Crippen molar-refractivity contribution >= 4 is 0 Å². The van der Waals surface area contributed by atoms with Crippen LogP contribution in [-0.2, 0) is 19.3 Å². The van der Waals surface area contributed by atoms with Crippen LogP contribution >= 0.6 is 0 Å². The largest absolute Gasteiger partial charge is 0.490 e. The highest BCUT2D eigenvalue weighted by molar-refractivity contribution is 5.62. The lowest BCUT2D eigenvalue weighted by Gasteiger charge is -2.17. The summed E-state index contributed by atoms with van der Waals surface area (Å²) < 4.78 is 12.1. The highest BCUT2D eigenvalue weighted by Gasteiger charge is 2.34. The Bertz CT molecular complexity index is 483. The van der Waals surface area contributed by atoms with Crippen molar-refractivity contribution in [2.75, 3.05) is 0 Å². The average molecular weight is 261 g/mol. The standard InChI is InChI=1S/C16H23NO2/c1-8(17)5-13-14-7-10(3)18-15(14)11(4)12-6-9(2)19-16(12)13/h8-10H,5-7,17H2,1-4H3. The molecule has 3 rings (SSSR count). The van der Waals surface area contributed by atoms with Crippen LogP contribution in [0, 0.1) is 6.92 Å². The molecule has 2 aliphatic heterocycles. The zero-order chi connectivity index (χ0) is 13.7. The van der Waals surface area contributed by atoms with E-state index in [9.17, 15) is 0 Å². The Labute approximate surface area is 115 Å². The summed E-state index contributed by atoms with van der Waals surface area (Å²) in [4.78, 5) is 0. The molecule has 2 heterocycles. The van der Waals surface area contributed by atoms with Crippen molar-refractivity contribution < 1.29 is 9.47 Å². The third-order valence-corrected chi connectivity index (χ3v) is 4.13. The second kappa shape index (κ2) is 4.41. The number of rotatable bonds is 2. The molecule has 0 aromatic heterocycles. The molecule has 0 spiro atoms. The van der Waals surface area contributed by atoms with E-state index < -0.39 is 0 Å². The van der Waals surface area contributed by atoms with Crippen molar-refractivity contribution in [3.63, 3.8) is 0 Å². The summed E-state index contributed by atoms with van der Waals surface area (Å²) in [6.45, 7) is 8.47. The molecule has 0 saturated heterocycles. The Kier molecular flexibility index (Phi) is 2.97. The van der Waals surface area contributed by atoms with Gasteiger partial charge in [0.25, 0.3) is 0 Å². The molecule has 3 unspecified atom stereocenters. The zero-order valence-corrected chi connectivity index (χ0v) is 12.2. The van der Waals surface area contributed by atoms with Gasteiger partial charge < -0.3 is 15.2 Å². The third kappa shape index (κ3) is 2.00. The number of nitrogens with two attached hydrogens (primary N) is 1. The Morgan fingerprint density at radius 2 is 1.68 bits per heavy atom. The SMILES string of the molecule is Cc1c2c(c(CC(C)N)c3c1OC(C)C3)OC(C)C2. The van der Waals surface area contributed by atoms with Gasteiger partial charge in [0.05, 0.1) is 0 Å². The number of fused-ring (bicyclic) bond motifs is 2. The number of ether oxygens (including phenoxy) is 2. The topological polar surface area (TPSA) is 44.5 Å². The molecule has 0 bridgehead atoms. The van der Waals surface area contributed by atoms with Crippen LogP contribution in [0.1, 0.15) is 43.0 Å². The maximum atomic E-state index is 6.07. The van der Waals surface area contributed by atoms with E-state index >= 15 is 0 Å². The summed E-state index contributed by atoms with van der Waals surface area (Å²) in [6.07, 6.45) is 3.36. The third-order valence-electron chi connectivity index (χ3n) is 4.13. The van der Waals surface area contributed by atoms with Crippen molar-refractivity contribution in [1.29, 1.82) is 0 Å². The summed E-state index contributed by atoms with van der Waals surface area (Å²) >= 11 is 0. The molecule has 1 aromatic rings. The molecular weight excluding hydrogens is 238 g/mol. The summed E-state index contributed by atoms with van der Waals surface area (Å²) in [5, 5.41) is 0. The van der Waals surface area contributed by atoms with Gasteiger partial charge in [-0.25, -0.2) is 0 Å². The van der Waals surface area contributed by atoms with E-state index in [1.54, 1.807) is 0 Å². The fourth-order valence-electron chi connectivity index (χ4n) is 3.35. The molecule has 2 aliphatic rings. The van der Waals surface area contributed by atoms with E-state index in [0.717, 1.165) is 30.8 Å². The first-order chi connectivity index (χ1) is 8.97. The molecule has 0 saturated carbocycles. The highest BCUT2D eigenvalue weighted by Crippen LogP contribution is 2.46. The fraction of sp³-hybridized carbons (Fsp3) is 0.625. The summed E-state index contributed by atoms with van der Waals surface area (Å²) in [5.41, 5.74) is 11.2. The van der Waals surface area contributed by atoms with Crippen LogP contribution in [0.3, 0.4) is 0 Å². The maximum Gasteiger partial charge on any atom is 0.127 e. The molecule has 3 heteroatoms. The Balaban J connectivity index is 2.17. The summed E-state index contributed by atoms with van der Waals surface area (Å²) in [7, 11) is 0. The molecule has 0 aliphatic carbocycles. The number of hydrogen-bond donors (Lipinski definition) is 1. The summed E-state index contributed by atoms with van der Waals surface area (Å²) in [5.74, 6) is 2.19. The van der Waals surface area contributed by atoms with Gasteiger partial charge in [-0.3, -0.25) is 0 Å². The van der Waals surface area contributed by atoms with E-state index in [1.165, 1.54) is 22.3 Å². The predicted molar refractivity (Wildman–Crippen MR) is 76.1 cm³/mol. The van der Waals surface area contributed by atoms with Gasteiger partial charge in [-0.15, -0.1) is 0 Å². The molecule has 19 heavy (non-hydrogen) atoms. The average Bonchev–Trinajstić information content (AvgIpc) is 2.87. The van der Waals surface area contributed by atoms with Gasteiger partial charge >= 0.3 is 0 Å². The van der Waals surface area contributed by atoms with Crippen molar-refractivity contribution in [3.05, 3.63) is 22.3 Å². The lowest BCUT2D eigenvalue weighted by atomic mass is 9.91. The van der Waals surface area contributed by atoms with Crippen molar-refractivity contribution in [3.8, 4) is 11.5 Å². The van der Waals surface area contributed by atoms with E-state index in [-0.39, 0.29) is 18.2 Å². The minimum atomic E-state index is 0.145. The van der Waals surface area contributed by atoms with Crippen molar-refractivity contribution in [2.45, 2.75) is 65.2 Å². The summed E-state index contributed by atoms with van der Waals surface area (Å²) in [6, 6.07) is 0.145. The minimum Gasteiger partial charge on any atom is -0.490 e. The normalized spacial score (nSPS) is 25.5. The molecule has 3 atom stereocenters. The van der Waals surface area contributed by atoms with Crippen molar-refractivity contribution in [1.82, 2.24) is 0 Å². The first kappa shape index (κ1) is 12.8. The maximum absolute atomic E-state index is 6.07. The van der Waals surface area contributed by atoms with Gasteiger partial charge in [0.15, 0.2) is 0 Å². The van der Waals surface area contributed by atoms with Crippen LogP contribution in [-0.4, -0.2) is 18.2 Å². The van der Waals surface area contributed by atoms with Crippen LogP contribution in [0.25, 0.3) is 0 Å². The second-order valence-electron chi connectivity index (χ2n) is 6.17. The van der Waals surface area contributed by atoms with Crippen LogP contribution in [0.5, 0.6) is 11.5 Å². The van der Waals surface area contributed by atoms with E-state index in [4.69, 9.17) is 15.2 Å². The predicted octanol–water partition coefficient (Wildman–Crippen LogP) is 2.53. The van der Waals surface area contributed by atoms with E-state index in [0.29, 0.717) is 0 Å². The smallest absolute Gasteiger partial charge is 0.127 e. The number of benzene rings is 1. The van der Waals surface area contributed by atoms with Crippen LogP contribution in [0.2, 0.25) is 0 Å². The van der Waals surface area contributed by atoms with Gasteiger partial charge in [0.1, 0.15) is 23.7 Å². The Morgan fingerprint density at radius 1 is 1.11 bits per heavy atom. The Hall–Kier alpha value is -1.22. The first-order valence-corrected chi connectivity index (χ1v) is 7.23. The fourth-order valence-corrected chi connectivity index (χ4v) is 3.35. The second-order valence-corrected chi connectivity index (χ2v) is 6.17. The molecule has 0 radical (unpaired) electrons.